The first-order valence-corrected chi connectivity index (χ1v) is 13.5. The van der Waals surface area contributed by atoms with Crippen molar-refractivity contribution < 1.29 is 14.6 Å². The molecule has 0 aliphatic carbocycles. The second-order valence-electron chi connectivity index (χ2n) is 7.80. The van der Waals surface area contributed by atoms with Gasteiger partial charge in [0, 0.05) is 37.1 Å². The van der Waals surface area contributed by atoms with Crippen molar-refractivity contribution >= 4 is 61.9 Å². The van der Waals surface area contributed by atoms with E-state index in [1.807, 2.05) is 11.4 Å². The summed E-state index contributed by atoms with van der Waals surface area (Å²) in [6, 6.07) is 6.71. The van der Waals surface area contributed by atoms with E-state index in [2.05, 4.69) is 22.0 Å². The first kappa shape index (κ1) is 25.2. The van der Waals surface area contributed by atoms with Gasteiger partial charge in [-0.3, -0.25) is 15.0 Å². The van der Waals surface area contributed by atoms with Crippen LogP contribution in [0.1, 0.15) is 23.7 Å². The Balaban J connectivity index is 1.54. The number of nitrogens with zero attached hydrogens (tertiary/aromatic N) is 3. The Kier molecular flexibility index (Phi) is 8.68. The predicted molar refractivity (Wildman–Crippen MR) is 141 cm³/mol. The minimum atomic E-state index is -0.306. The molecule has 0 radical (unpaired) electrons. The van der Waals surface area contributed by atoms with Crippen LogP contribution < -0.4 is 15.0 Å². The normalized spacial score (nSPS) is 14.4. The first-order chi connectivity index (χ1) is 16.5. The van der Waals surface area contributed by atoms with Crippen molar-refractivity contribution in [2.24, 2.45) is 0 Å². The van der Waals surface area contributed by atoms with Gasteiger partial charge in [-0.1, -0.05) is 41.5 Å². The third-order valence-corrected chi connectivity index (χ3v) is 7.98. The standard InChI is InChI=1S/C23H26Cl2N4O3S2/c1-2-5-28-6-8-29(9-7-28)22-20(19-13-16(24)14-33-19)26-23(34-22)27-21(31)15-3-4-18(17(25)12-15)32-11-10-30/h3-4,12-14,30H,2,5-11H2,1H3,(H,26,27,31). The number of nitrogens with one attached hydrogen (secondary N) is 1. The summed E-state index contributed by atoms with van der Waals surface area (Å²) in [6.07, 6.45) is 1.15. The number of hydrogen-bond acceptors (Lipinski definition) is 8. The predicted octanol–water partition coefficient (Wildman–Crippen LogP) is 5.33. The van der Waals surface area contributed by atoms with Gasteiger partial charge in [0.2, 0.25) is 0 Å². The molecule has 1 aromatic carbocycles. The van der Waals surface area contributed by atoms with Gasteiger partial charge in [-0.05, 0) is 37.2 Å². The zero-order valence-corrected chi connectivity index (χ0v) is 21.9. The Morgan fingerprint density at radius 2 is 2.03 bits per heavy atom. The number of aliphatic hydroxyl groups excluding tert-OH is 1. The van der Waals surface area contributed by atoms with E-state index in [1.165, 1.54) is 11.3 Å². The van der Waals surface area contributed by atoms with E-state index in [0.29, 0.717) is 26.5 Å². The molecule has 2 aromatic heterocycles. The summed E-state index contributed by atoms with van der Waals surface area (Å²) in [6.45, 7) is 7.15. The number of hydrogen-bond donors (Lipinski definition) is 2. The van der Waals surface area contributed by atoms with Crippen molar-refractivity contribution in [1.82, 2.24) is 9.88 Å². The zero-order chi connectivity index (χ0) is 24.1. The number of benzene rings is 1. The summed E-state index contributed by atoms with van der Waals surface area (Å²) < 4.78 is 5.36. The van der Waals surface area contributed by atoms with E-state index < -0.39 is 0 Å². The Morgan fingerprint density at radius 3 is 2.68 bits per heavy atom. The number of amides is 1. The van der Waals surface area contributed by atoms with E-state index in [4.69, 9.17) is 38.0 Å². The van der Waals surface area contributed by atoms with E-state index >= 15 is 0 Å². The molecule has 3 heterocycles. The molecule has 2 N–H and O–H groups in total. The van der Waals surface area contributed by atoms with Crippen LogP contribution in [0.5, 0.6) is 5.75 Å². The minimum absolute atomic E-state index is 0.115. The molecule has 0 bridgehead atoms. The fourth-order valence-corrected chi connectivity index (χ4v) is 6.14. The Hall–Kier alpha value is -1.88. The minimum Gasteiger partial charge on any atom is -0.490 e. The van der Waals surface area contributed by atoms with Crippen LogP contribution in [0.3, 0.4) is 0 Å². The molecular weight excluding hydrogens is 515 g/mol. The maximum atomic E-state index is 12.9. The summed E-state index contributed by atoms with van der Waals surface area (Å²) in [5.74, 6) is 0.113. The maximum absolute atomic E-state index is 12.9. The molecule has 11 heteroatoms. The van der Waals surface area contributed by atoms with E-state index in [9.17, 15) is 4.79 Å². The number of thiophene rings is 1. The van der Waals surface area contributed by atoms with Gasteiger partial charge in [-0.2, -0.15) is 0 Å². The van der Waals surface area contributed by atoms with Crippen LogP contribution in [-0.4, -0.2) is 66.8 Å². The van der Waals surface area contributed by atoms with Gasteiger partial charge in [0.25, 0.3) is 5.91 Å². The van der Waals surface area contributed by atoms with E-state index in [0.717, 1.165) is 54.7 Å². The van der Waals surface area contributed by atoms with Crippen LogP contribution in [0.25, 0.3) is 10.6 Å². The Bertz CT molecular complexity index is 1130. The molecule has 182 valence electrons. The number of aromatic nitrogens is 1. The van der Waals surface area contributed by atoms with Crippen molar-refractivity contribution in [3.05, 3.63) is 45.3 Å². The van der Waals surface area contributed by atoms with Gasteiger partial charge in [-0.15, -0.1) is 11.3 Å². The average Bonchev–Trinajstić information content (AvgIpc) is 3.45. The topological polar surface area (TPSA) is 77.9 Å². The fourth-order valence-electron chi connectivity index (χ4n) is 3.75. The van der Waals surface area contributed by atoms with Gasteiger partial charge in [0.1, 0.15) is 23.1 Å². The number of ether oxygens (including phenoxy) is 1. The van der Waals surface area contributed by atoms with Crippen LogP contribution in [0.15, 0.2) is 29.6 Å². The smallest absolute Gasteiger partial charge is 0.257 e. The second-order valence-corrected chi connectivity index (χ2v) is 10.5. The molecule has 1 amide bonds. The first-order valence-electron chi connectivity index (χ1n) is 11.1. The molecule has 1 aliphatic heterocycles. The maximum Gasteiger partial charge on any atom is 0.257 e. The van der Waals surface area contributed by atoms with Crippen molar-refractivity contribution in [3.63, 3.8) is 0 Å². The summed E-state index contributed by atoms with van der Waals surface area (Å²) >= 11 is 15.4. The van der Waals surface area contributed by atoms with Crippen LogP contribution >= 0.6 is 45.9 Å². The highest BCUT2D eigenvalue weighted by atomic mass is 35.5. The fraction of sp³-hybridized carbons (Fsp3) is 0.391. The monoisotopic (exact) mass is 540 g/mol. The van der Waals surface area contributed by atoms with Crippen LogP contribution in [0.4, 0.5) is 10.1 Å². The zero-order valence-electron chi connectivity index (χ0n) is 18.7. The number of anilines is 2. The van der Waals surface area contributed by atoms with Crippen LogP contribution in [0, 0.1) is 0 Å². The van der Waals surface area contributed by atoms with Gasteiger partial charge < -0.3 is 14.7 Å². The van der Waals surface area contributed by atoms with Crippen molar-refractivity contribution in [2.75, 3.05) is 56.2 Å². The molecule has 1 aliphatic rings. The largest absolute Gasteiger partial charge is 0.490 e. The highest BCUT2D eigenvalue weighted by Gasteiger charge is 2.25. The average molecular weight is 542 g/mol. The molecule has 4 rings (SSSR count). The quantitative estimate of drug-likeness (QED) is 0.381. The number of halogens is 2. The highest BCUT2D eigenvalue weighted by Crippen LogP contribution is 2.42. The lowest BCUT2D eigenvalue weighted by Crippen LogP contribution is -2.46. The van der Waals surface area contributed by atoms with Crippen LogP contribution in [-0.2, 0) is 0 Å². The number of piperazine rings is 1. The molecule has 34 heavy (non-hydrogen) atoms. The third-order valence-electron chi connectivity index (χ3n) is 5.37. The lowest BCUT2D eigenvalue weighted by Gasteiger charge is -2.35. The number of aliphatic hydroxyl groups is 1. The second kappa shape index (κ2) is 11.7. The number of carbonyl (C=O) groups excluding carboxylic acids is 1. The molecule has 1 fully saturated rings. The molecule has 3 aromatic rings. The lowest BCUT2D eigenvalue weighted by atomic mass is 10.2. The number of thiazole rings is 1. The van der Waals surface area contributed by atoms with Crippen molar-refractivity contribution in [2.45, 2.75) is 13.3 Å². The van der Waals surface area contributed by atoms with Gasteiger partial charge >= 0.3 is 0 Å². The Morgan fingerprint density at radius 1 is 1.24 bits per heavy atom. The molecule has 0 saturated carbocycles. The van der Waals surface area contributed by atoms with E-state index in [-0.39, 0.29) is 19.1 Å². The molecule has 0 spiro atoms. The van der Waals surface area contributed by atoms with Crippen LogP contribution in [0.2, 0.25) is 10.0 Å². The summed E-state index contributed by atoms with van der Waals surface area (Å²) in [5, 5.41) is 16.3. The molecule has 0 atom stereocenters. The Labute approximate surface area is 216 Å². The number of rotatable bonds is 9. The molecule has 1 saturated heterocycles. The molecular formula is C23H26Cl2N4O3S2. The van der Waals surface area contributed by atoms with E-state index in [1.54, 1.807) is 29.5 Å². The number of carbonyl (C=O) groups is 1. The highest BCUT2D eigenvalue weighted by molar-refractivity contribution is 7.21. The lowest BCUT2D eigenvalue weighted by molar-refractivity contribution is 0.102. The third kappa shape index (κ3) is 6.02. The van der Waals surface area contributed by atoms with Crippen molar-refractivity contribution in [3.8, 4) is 16.3 Å². The molecule has 0 unspecified atom stereocenters. The van der Waals surface area contributed by atoms with Gasteiger partial charge in [-0.25, -0.2) is 4.98 Å². The summed E-state index contributed by atoms with van der Waals surface area (Å²) in [5.41, 5.74) is 1.24. The van der Waals surface area contributed by atoms with Crippen molar-refractivity contribution in [1.29, 1.82) is 0 Å². The van der Waals surface area contributed by atoms with Gasteiger partial charge in [0.15, 0.2) is 5.13 Å². The SMILES string of the molecule is CCCN1CCN(c2sc(NC(=O)c3ccc(OCCO)c(Cl)c3)nc2-c2cc(Cl)cs2)CC1. The van der Waals surface area contributed by atoms with Gasteiger partial charge in [0.05, 0.1) is 21.5 Å². The summed E-state index contributed by atoms with van der Waals surface area (Å²) in [7, 11) is 0. The summed E-state index contributed by atoms with van der Waals surface area (Å²) in [4.78, 5) is 23.5. The molecule has 7 nitrogen and oxygen atoms in total.